The number of carbonyl (C=O) groups is 1. The van der Waals surface area contributed by atoms with Crippen molar-refractivity contribution >= 4 is 5.97 Å². The normalized spacial score (nSPS) is 13.1. The predicted molar refractivity (Wildman–Crippen MR) is 141 cm³/mol. The van der Waals surface area contributed by atoms with Crippen LogP contribution in [0.2, 0.25) is 0 Å². The molecule has 0 saturated carbocycles. The largest absolute Gasteiger partial charge is 0.454 e. The highest BCUT2D eigenvalue weighted by atomic mass is 16.6. The lowest BCUT2D eigenvalue weighted by atomic mass is 9.84. The molecular formula is C29H52N2O2. The molecular weight excluding hydrogens is 408 g/mol. The van der Waals surface area contributed by atoms with E-state index in [2.05, 4.69) is 43.4 Å². The minimum atomic E-state index is -0.481. The second-order valence-corrected chi connectivity index (χ2v) is 9.51. The molecule has 0 aliphatic rings. The number of unbranched alkanes of at least 4 members (excludes halogenated alkanes) is 10. The van der Waals surface area contributed by atoms with Gasteiger partial charge in [-0.3, -0.25) is 4.79 Å². The number of rotatable bonds is 22. The van der Waals surface area contributed by atoms with Gasteiger partial charge in [-0.1, -0.05) is 108 Å². The van der Waals surface area contributed by atoms with E-state index in [1.807, 2.05) is 6.07 Å². The number of carbonyl (C=O) groups excluding carboxylic acids is 1. The van der Waals surface area contributed by atoms with Crippen LogP contribution in [0.5, 0.6) is 0 Å². The summed E-state index contributed by atoms with van der Waals surface area (Å²) < 4.78 is 6.30. The maximum Gasteiger partial charge on any atom is 0.306 e. The van der Waals surface area contributed by atoms with Crippen molar-refractivity contribution < 1.29 is 9.53 Å². The number of ether oxygens (including phenoxy) is 1. The van der Waals surface area contributed by atoms with Crippen molar-refractivity contribution in [2.24, 2.45) is 5.73 Å². The van der Waals surface area contributed by atoms with Crippen molar-refractivity contribution in [2.75, 3.05) is 19.6 Å². The summed E-state index contributed by atoms with van der Waals surface area (Å²) >= 11 is 0. The minimum absolute atomic E-state index is 0.0572. The molecule has 1 rings (SSSR count). The lowest BCUT2D eigenvalue weighted by Gasteiger charge is -2.34. The molecule has 33 heavy (non-hydrogen) atoms. The van der Waals surface area contributed by atoms with Crippen molar-refractivity contribution in [3.63, 3.8) is 0 Å². The Hall–Kier alpha value is -1.39. The number of nitrogens with two attached hydrogens (primary N) is 1. The van der Waals surface area contributed by atoms with Gasteiger partial charge >= 0.3 is 5.97 Å². The van der Waals surface area contributed by atoms with Crippen LogP contribution in [0.1, 0.15) is 122 Å². The van der Waals surface area contributed by atoms with E-state index in [-0.39, 0.29) is 5.97 Å². The zero-order valence-electron chi connectivity index (χ0n) is 21.7. The summed E-state index contributed by atoms with van der Waals surface area (Å²) in [6.45, 7) is 6.84. The molecule has 3 N–H and O–H groups in total. The molecule has 1 aromatic rings. The van der Waals surface area contributed by atoms with Gasteiger partial charge in [-0.15, -0.1) is 0 Å². The smallest absolute Gasteiger partial charge is 0.306 e. The van der Waals surface area contributed by atoms with Crippen LogP contribution in [0, 0.1) is 0 Å². The van der Waals surface area contributed by atoms with Crippen LogP contribution in [0.15, 0.2) is 30.3 Å². The molecule has 4 heteroatoms. The maximum atomic E-state index is 12.8. The summed E-state index contributed by atoms with van der Waals surface area (Å²) in [4.78, 5) is 12.8. The van der Waals surface area contributed by atoms with Crippen molar-refractivity contribution in [1.29, 1.82) is 0 Å². The van der Waals surface area contributed by atoms with Crippen molar-refractivity contribution in [2.45, 2.75) is 122 Å². The zero-order valence-corrected chi connectivity index (χ0v) is 21.7. The summed E-state index contributed by atoms with van der Waals surface area (Å²) in [5.41, 5.74) is 6.18. The number of nitrogens with one attached hydrogen (secondary N) is 1. The number of esters is 1. The van der Waals surface area contributed by atoms with Gasteiger partial charge in [0.15, 0.2) is 0 Å². The fraction of sp³-hybridized carbons (Fsp3) is 0.759. The third-order valence-corrected chi connectivity index (χ3v) is 6.50. The van der Waals surface area contributed by atoms with Crippen molar-refractivity contribution in [3.8, 4) is 0 Å². The highest BCUT2D eigenvalue weighted by Gasteiger charge is 2.34. The molecule has 4 nitrogen and oxygen atoms in total. The van der Waals surface area contributed by atoms with Gasteiger partial charge in [0.25, 0.3) is 0 Å². The van der Waals surface area contributed by atoms with Gasteiger partial charge in [-0.2, -0.15) is 0 Å². The van der Waals surface area contributed by atoms with E-state index < -0.39 is 5.60 Å². The first-order chi connectivity index (χ1) is 16.2. The molecule has 0 radical (unpaired) electrons. The van der Waals surface area contributed by atoms with E-state index in [1.54, 1.807) is 0 Å². The molecule has 0 heterocycles. The highest BCUT2D eigenvalue weighted by molar-refractivity contribution is 5.70. The van der Waals surface area contributed by atoms with Crippen LogP contribution in [0.3, 0.4) is 0 Å². The highest BCUT2D eigenvalue weighted by Crippen LogP contribution is 2.37. The van der Waals surface area contributed by atoms with Crippen LogP contribution >= 0.6 is 0 Å². The SMILES string of the molecule is CCCCCCCCCCCCC(CCC)(OC(=O)CCCCNCCN)c1ccccc1. The molecule has 0 saturated heterocycles. The van der Waals surface area contributed by atoms with Gasteiger partial charge in [-0.25, -0.2) is 0 Å². The van der Waals surface area contributed by atoms with E-state index in [1.165, 1.54) is 57.8 Å². The third kappa shape index (κ3) is 13.8. The molecule has 0 aliphatic carbocycles. The lowest BCUT2D eigenvalue weighted by Crippen LogP contribution is -2.33. The summed E-state index contributed by atoms with van der Waals surface area (Å²) in [6, 6.07) is 10.4. The molecule has 0 fully saturated rings. The fourth-order valence-electron chi connectivity index (χ4n) is 4.63. The minimum Gasteiger partial charge on any atom is -0.454 e. The summed E-state index contributed by atoms with van der Waals surface area (Å²) in [5, 5.41) is 3.29. The molecule has 1 aromatic carbocycles. The van der Waals surface area contributed by atoms with Crippen LogP contribution < -0.4 is 11.1 Å². The van der Waals surface area contributed by atoms with Gasteiger partial charge in [0, 0.05) is 19.5 Å². The maximum absolute atomic E-state index is 12.8. The Bertz CT molecular complexity index is 578. The Kier molecular flexibility index (Phi) is 18.0. The zero-order chi connectivity index (χ0) is 24.0. The Morgan fingerprint density at radius 1 is 0.788 bits per heavy atom. The first-order valence-corrected chi connectivity index (χ1v) is 13.9. The Morgan fingerprint density at radius 2 is 1.42 bits per heavy atom. The quantitative estimate of drug-likeness (QED) is 0.141. The average molecular weight is 461 g/mol. The van der Waals surface area contributed by atoms with Gasteiger partial charge in [0.05, 0.1) is 0 Å². The topological polar surface area (TPSA) is 64.3 Å². The fourth-order valence-corrected chi connectivity index (χ4v) is 4.63. The molecule has 190 valence electrons. The van der Waals surface area contributed by atoms with Gasteiger partial charge in [0.2, 0.25) is 0 Å². The second kappa shape index (κ2) is 20.0. The van der Waals surface area contributed by atoms with E-state index in [0.29, 0.717) is 13.0 Å². The summed E-state index contributed by atoms with van der Waals surface area (Å²) in [7, 11) is 0. The monoisotopic (exact) mass is 460 g/mol. The molecule has 1 atom stereocenters. The van der Waals surface area contributed by atoms with Crippen LogP contribution in [0.25, 0.3) is 0 Å². The Labute approximate surface area is 204 Å². The average Bonchev–Trinajstić information content (AvgIpc) is 2.83. The van der Waals surface area contributed by atoms with Crippen molar-refractivity contribution in [1.82, 2.24) is 5.32 Å². The molecule has 1 unspecified atom stereocenters. The molecule has 0 aliphatic heterocycles. The predicted octanol–water partition coefficient (Wildman–Crippen LogP) is 7.25. The number of benzene rings is 1. The Balaban J connectivity index is 2.52. The van der Waals surface area contributed by atoms with E-state index in [9.17, 15) is 4.79 Å². The molecule has 0 aromatic heterocycles. The van der Waals surface area contributed by atoms with Crippen LogP contribution in [0.4, 0.5) is 0 Å². The number of hydrogen-bond acceptors (Lipinski definition) is 4. The van der Waals surface area contributed by atoms with Gasteiger partial charge in [0.1, 0.15) is 5.60 Å². The first-order valence-electron chi connectivity index (χ1n) is 13.9. The van der Waals surface area contributed by atoms with Crippen molar-refractivity contribution in [3.05, 3.63) is 35.9 Å². The molecule has 0 bridgehead atoms. The lowest BCUT2D eigenvalue weighted by molar-refractivity contribution is -0.163. The summed E-state index contributed by atoms with van der Waals surface area (Å²) in [5.74, 6) is -0.0572. The van der Waals surface area contributed by atoms with E-state index in [4.69, 9.17) is 10.5 Å². The summed E-state index contributed by atoms with van der Waals surface area (Å²) in [6.07, 6.45) is 18.3. The first kappa shape index (κ1) is 29.6. The van der Waals surface area contributed by atoms with Gasteiger partial charge in [-0.05, 0) is 44.2 Å². The van der Waals surface area contributed by atoms with E-state index >= 15 is 0 Å². The van der Waals surface area contributed by atoms with Crippen LogP contribution in [-0.4, -0.2) is 25.6 Å². The van der Waals surface area contributed by atoms with Crippen LogP contribution in [-0.2, 0) is 15.1 Å². The number of hydrogen-bond donors (Lipinski definition) is 2. The second-order valence-electron chi connectivity index (χ2n) is 9.51. The third-order valence-electron chi connectivity index (χ3n) is 6.50. The van der Waals surface area contributed by atoms with Gasteiger partial charge < -0.3 is 15.8 Å². The molecule has 0 spiro atoms. The molecule has 0 amide bonds. The Morgan fingerprint density at radius 3 is 2.03 bits per heavy atom. The standard InChI is InChI=1S/C29H52N2O2/c1-3-5-6-7-8-9-10-11-12-17-23-29(22-4-2,27-19-14-13-15-20-27)33-28(32)21-16-18-25-31-26-24-30/h13-15,19-20,31H,3-12,16-18,21-26,30H2,1-2H3. The van der Waals surface area contributed by atoms with E-state index in [0.717, 1.165) is 57.2 Å².